The Morgan fingerprint density at radius 3 is 2.20 bits per heavy atom. The third kappa shape index (κ3) is 13.5. The molecular formula is C31H50N10O12S. The molecule has 0 aromatic heterocycles. The molecule has 0 bridgehead atoms. The molecule has 54 heavy (non-hydrogen) atoms. The van der Waals surface area contributed by atoms with E-state index in [0.717, 1.165) is 16.7 Å². The third-order valence-electron chi connectivity index (χ3n) is 8.26. The van der Waals surface area contributed by atoms with Crippen molar-refractivity contribution in [2.24, 2.45) is 22.3 Å². The number of carboxylic acid groups (broad SMARTS) is 2. The van der Waals surface area contributed by atoms with Crippen LogP contribution in [0.4, 0.5) is 0 Å². The van der Waals surface area contributed by atoms with Crippen LogP contribution in [0.2, 0.25) is 0 Å². The van der Waals surface area contributed by atoms with Crippen molar-refractivity contribution < 1.29 is 58.4 Å². The number of esters is 1. The van der Waals surface area contributed by atoms with E-state index < -0.39 is 114 Å². The van der Waals surface area contributed by atoms with E-state index in [4.69, 9.17) is 27.2 Å². The van der Waals surface area contributed by atoms with E-state index in [2.05, 4.69) is 31.7 Å². The molecule has 8 atom stereocenters. The van der Waals surface area contributed by atoms with Crippen molar-refractivity contribution in [3.8, 4) is 0 Å². The number of aliphatic carboxylic acids is 2. The number of hydrazine groups is 1. The van der Waals surface area contributed by atoms with E-state index >= 15 is 0 Å². The van der Waals surface area contributed by atoms with Gasteiger partial charge in [-0.1, -0.05) is 0 Å². The standard InChI is InChI=1S/C31H50N10O12S/c1-14(32)25(45)37-15(2)26(46)38-16(3)27(47)39-19(7-5-9-35-13-36-34)20(42)10-22(44)53-11-17-12-54-29-23(28(48)41(29)24(17)31(51)52)40-21(43)8-4-6-18(33)30(49)50/h13-16,18-20,23,29,42H,4-12,32-34H2,1-3H3,(H,35,36)(H,37,45)(H,38,46)(H,39,47)(H,40,43)(H,49,50)(H,51,52)/t14-,15-,16-,18+,19-,20+,23+,29+/m0/s1. The second kappa shape index (κ2) is 21.8. The molecule has 23 heteroatoms. The van der Waals surface area contributed by atoms with Crippen LogP contribution >= 0.6 is 11.8 Å². The first kappa shape index (κ1) is 45.3. The van der Waals surface area contributed by atoms with Gasteiger partial charge in [-0.25, -0.2) is 10.6 Å². The maximum Gasteiger partial charge on any atom is 0.352 e. The van der Waals surface area contributed by atoms with E-state index in [9.17, 15) is 48.6 Å². The third-order valence-corrected chi connectivity index (χ3v) is 9.60. The van der Waals surface area contributed by atoms with Crippen LogP contribution in [-0.4, -0.2) is 141 Å². The fraction of sp³-hybridized carbons (Fsp3) is 0.645. The van der Waals surface area contributed by atoms with Gasteiger partial charge in [0.1, 0.15) is 41.8 Å². The van der Waals surface area contributed by atoms with Crippen molar-refractivity contribution in [1.82, 2.24) is 31.6 Å². The molecule has 0 spiro atoms. The van der Waals surface area contributed by atoms with E-state index in [1.165, 1.54) is 27.1 Å². The lowest BCUT2D eigenvalue weighted by Gasteiger charge is -2.49. The second-order valence-corrected chi connectivity index (χ2v) is 13.8. The molecule has 0 aliphatic carbocycles. The highest BCUT2D eigenvalue weighted by atomic mass is 32.2. The first-order valence-corrected chi connectivity index (χ1v) is 18.1. The molecule has 14 N–H and O–H groups in total. The second-order valence-electron chi connectivity index (χ2n) is 12.7. The van der Waals surface area contributed by atoms with Crippen LogP contribution in [0.3, 0.4) is 0 Å². The van der Waals surface area contributed by atoms with Gasteiger partial charge in [0.15, 0.2) is 0 Å². The topological polar surface area (TPSA) is 360 Å². The van der Waals surface area contributed by atoms with Crippen LogP contribution < -0.4 is 44.0 Å². The number of hydrogen-bond acceptors (Lipinski definition) is 15. The van der Waals surface area contributed by atoms with Crippen molar-refractivity contribution in [3.63, 3.8) is 0 Å². The van der Waals surface area contributed by atoms with Crippen molar-refractivity contribution in [3.05, 3.63) is 11.3 Å². The van der Waals surface area contributed by atoms with Gasteiger partial charge in [-0.2, -0.15) is 0 Å². The molecule has 2 aliphatic heterocycles. The number of fused-ring (bicyclic) bond motifs is 1. The van der Waals surface area contributed by atoms with Crippen LogP contribution in [0.1, 0.15) is 59.3 Å². The predicted molar refractivity (Wildman–Crippen MR) is 191 cm³/mol. The van der Waals surface area contributed by atoms with Crippen molar-refractivity contribution in [2.45, 2.75) is 107 Å². The smallest absolute Gasteiger partial charge is 0.352 e. The fourth-order valence-electron chi connectivity index (χ4n) is 5.19. The average molecular weight is 787 g/mol. The maximum atomic E-state index is 13.0. The van der Waals surface area contributed by atoms with Gasteiger partial charge in [0.05, 0.1) is 30.9 Å². The van der Waals surface area contributed by atoms with Crippen LogP contribution in [0.15, 0.2) is 16.3 Å². The lowest BCUT2D eigenvalue weighted by Crippen LogP contribution is -2.70. The van der Waals surface area contributed by atoms with E-state index in [0.29, 0.717) is 6.42 Å². The Morgan fingerprint density at radius 2 is 1.61 bits per heavy atom. The Labute approximate surface area is 314 Å². The molecule has 2 aliphatic rings. The molecule has 0 saturated carbocycles. The number of aliphatic hydroxyl groups excluding tert-OH is 1. The van der Waals surface area contributed by atoms with Gasteiger partial charge in [-0.15, -0.1) is 11.8 Å². The number of aliphatic imine (C=N–C) groups is 1. The summed E-state index contributed by atoms with van der Waals surface area (Å²) in [4.78, 5) is 104. The van der Waals surface area contributed by atoms with Gasteiger partial charge in [-0.05, 0) is 46.5 Å². The van der Waals surface area contributed by atoms with Gasteiger partial charge >= 0.3 is 17.9 Å². The van der Waals surface area contributed by atoms with Gasteiger partial charge in [-0.3, -0.25) is 43.5 Å². The Kier molecular flexibility index (Phi) is 18.3. The minimum atomic E-state index is -1.50. The SMILES string of the molecule is C[C@H](N)C(=O)N[C@@H](C)C(=O)N[C@@H](C)C(=O)N[C@@H](CCCN=CNN)[C@H](O)CC(=O)OCC1=C(C(=O)O)N2C(=O)[C@@H](NC(=O)CCC[C@@H](N)C(=O)O)[C@H]2SC1. The summed E-state index contributed by atoms with van der Waals surface area (Å²) < 4.78 is 5.28. The number of carbonyl (C=O) groups excluding carboxylic acids is 6. The molecule has 2 heterocycles. The van der Waals surface area contributed by atoms with E-state index in [-0.39, 0.29) is 43.6 Å². The lowest BCUT2D eigenvalue weighted by atomic mass is 10.0. The van der Waals surface area contributed by atoms with Crippen LogP contribution in [-0.2, 0) is 43.1 Å². The minimum Gasteiger partial charge on any atom is -0.480 e. The normalized spacial score (nSPS) is 19.9. The molecule has 22 nitrogen and oxygen atoms in total. The number of aliphatic hydroxyl groups is 1. The number of nitrogens with one attached hydrogen (secondary N) is 5. The van der Waals surface area contributed by atoms with Crippen molar-refractivity contribution in [1.29, 1.82) is 0 Å². The molecule has 0 unspecified atom stereocenters. The molecule has 302 valence electrons. The summed E-state index contributed by atoms with van der Waals surface area (Å²) in [5, 5.41) is 39.0. The minimum absolute atomic E-state index is 0.0275. The highest BCUT2D eigenvalue weighted by molar-refractivity contribution is 8.00. The molecule has 0 aromatic carbocycles. The van der Waals surface area contributed by atoms with Crippen molar-refractivity contribution >= 4 is 65.5 Å². The largest absolute Gasteiger partial charge is 0.480 e. The maximum absolute atomic E-state index is 13.0. The summed E-state index contributed by atoms with van der Waals surface area (Å²) >= 11 is 1.14. The first-order chi connectivity index (χ1) is 25.4. The summed E-state index contributed by atoms with van der Waals surface area (Å²) in [6.45, 7) is 3.93. The number of nitrogens with zero attached hydrogens (tertiary/aromatic N) is 2. The van der Waals surface area contributed by atoms with Crippen molar-refractivity contribution in [2.75, 3.05) is 18.9 Å². The van der Waals surface area contributed by atoms with Gasteiger partial charge in [0.2, 0.25) is 23.6 Å². The Morgan fingerprint density at radius 1 is 0.981 bits per heavy atom. The number of β-lactam (4-membered cyclic amide) rings is 1. The number of amides is 5. The molecule has 1 saturated heterocycles. The van der Waals surface area contributed by atoms with Crippen LogP contribution in [0.5, 0.6) is 0 Å². The molecule has 0 radical (unpaired) electrons. The van der Waals surface area contributed by atoms with Crippen LogP contribution in [0, 0.1) is 0 Å². The summed E-state index contributed by atoms with van der Waals surface area (Å²) in [5.41, 5.74) is 12.9. The summed E-state index contributed by atoms with van der Waals surface area (Å²) in [6.07, 6.45) is -0.312. The van der Waals surface area contributed by atoms with E-state index in [1.54, 1.807) is 0 Å². The Hall–Kier alpha value is -4.84. The Balaban J connectivity index is 2.02. The summed E-state index contributed by atoms with van der Waals surface area (Å²) in [7, 11) is 0. The number of hydrogen-bond donors (Lipinski definition) is 11. The molecular weight excluding hydrogens is 736 g/mol. The number of carbonyl (C=O) groups is 8. The number of carboxylic acids is 2. The number of nitrogens with two attached hydrogens (primary N) is 3. The van der Waals surface area contributed by atoms with Gasteiger partial charge in [0.25, 0.3) is 5.91 Å². The fourth-order valence-corrected chi connectivity index (χ4v) is 6.52. The zero-order valence-corrected chi connectivity index (χ0v) is 30.9. The molecule has 0 aromatic rings. The Bertz CT molecular complexity index is 1480. The number of rotatable bonds is 23. The van der Waals surface area contributed by atoms with Gasteiger partial charge < -0.3 is 58.2 Å². The average Bonchev–Trinajstić information content (AvgIpc) is 3.11. The van der Waals surface area contributed by atoms with Crippen LogP contribution in [0.25, 0.3) is 0 Å². The molecule has 1 fully saturated rings. The van der Waals surface area contributed by atoms with Gasteiger partial charge in [0, 0.05) is 24.3 Å². The zero-order chi connectivity index (χ0) is 40.7. The number of ether oxygens (including phenoxy) is 1. The molecule has 5 amide bonds. The first-order valence-electron chi connectivity index (χ1n) is 17.0. The monoisotopic (exact) mass is 786 g/mol. The number of thioether (sulfide) groups is 1. The van der Waals surface area contributed by atoms with E-state index in [1.807, 2.05) is 0 Å². The molecule has 2 rings (SSSR count). The lowest BCUT2D eigenvalue weighted by molar-refractivity contribution is -0.151. The highest BCUT2D eigenvalue weighted by Crippen LogP contribution is 2.40. The highest BCUT2D eigenvalue weighted by Gasteiger charge is 2.54. The summed E-state index contributed by atoms with van der Waals surface area (Å²) in [5.74, 6) is -1.60. The summed E-state index contributed by atoms with van der Waals surface area (Å²) in [6, 6.07) is -6.17. The zero-order valence-electron chi connectivity index (χ0n) is 30.1. The predicted octanol–water partition coefficient (Wildman–Crippen LogP) is -4.29. The quantitative estimate of drug-likeness (QED) is 0.00888.